The molecular formula is C16H22N2O3. The van der Waals surface area contributed by atoms with Gasteiger partial charge in [0.15, 0.2) is 0 Å². The predicted molar refractivity (Wildman–Crippen MR) is 79.4 cm³/mol. The standard InChI is InChI=1S/C16H22N2O3/c1-11(2)18-10-13(8-15(18)20)16(21)17-9-14(19)12-6-4-3-5-7-12/h3-7,11,13-14,19H,8-10H2,1-2H3,(H,17,21). The Bertz CT molecular complexity index is 502. The quantitative estimate of drug-likeness (QED) is 0.853. The maximum atomic E-state index is 12.1. The molecule has 0 radical (unpaired) electrons. The van der Waals surface area contributed by atoms with Gasteiger partial charge in [0.2, 0.25) is 11.8 Å². The Morgan fingerprint density at radius 2 is 2.05 bits per heavy atom. The molecule has 1 fully saturated rings. The molecule has 5 heteroatoms. The summed E-state index contributed by atoms with van der Waals surface area (Å²) in [6.07, 6.45) is -0.473. The summed E-state index contributed by atoms with van der Waals surface area (Å²) in [7, 11) is 0. The monoisotopic (exact) mass is 290 g/mol. The minimum atomic E-state index is -0.728. The van der Waals surface area contributed by atoms with Gasteiger partial charge in [0.1, 0.15) is 0 Å². The van der Waals surface area contributed by atoms with Gasteiger partial charge in [0, 0.05) is 25.6 Å². The van der Waals surface area contributed by atoms with Gasteiger partial charge in [0.25, 0.3) is 0 Å². The first kappa shape index (κ1) is 15.5. The van der Waals surface area contributed by atoms with Crippen LogP contribution >= 0.6 is 0 Å². The molecule has 2 N–H and O–H groups in total. The second-order valence-corrected chi connectivity index (χ2v) is 5.71. The lowest BCUT2D eigenvalue weighted by molar-refractivity contribution is -0.130. The maximum Gasteiger partial charge on any atom is 0.225 e. The number of hydrogen-bond acceptors (Lipinski definition) is 3. The van der Waals surface area contributed by atoms with Crippen LogP contribution in [0.5, 0.6) is 0 Å². The molecule has 0 saturated carbocycles. The Morgan fingerprint density at radius 3 is 2.62 bits per heavy atom. The molecule has 1 heterocycles. The summed E-state index contributed by atoms with van der Waals surface area (Å²) < 4.78 is 0. The molecule has 0 aromatic heterocycles. The maximum absolute atomic E-state index is 12.1. The zero-order valence-electron chi connectivity index (χ0n) is 12.5. The van der Waals surface area contributed by atoms with Gasteiger partial charge in [-0.1, -0.05) is 30.3 Å². The summed E-state index contributed by atoms with van der Waals surface area (Å²) in [6.45, 7) is 4.51. The van der Waals surface area contributed by atoms with E-state index in [1.54, 1.807) is 4.90 Å². The van der Waals surface area contributed by atoms with Crippen LogP contribution in [0.1, 0.15) is 31.9 Å². The molecule has 0 spiro atoms. The van der Waals surface area contributed by atoms with Crippen LogP contribution in [0.4, 0.5) is 0 Å². The van der Waals surface area contributed by atoms with E-state index < -0.39 is 6.10 Å². The molecule has 21 heavy (non-hydrogen) atoms. The lowest BCUT2D eigenvalue weighted by Crippen LogP contribution is -2.37. The second-order valence-electron chi connectivity index (χ2n) is 5.71. The fraction of sp³-hybridized carbons (Fsp3) is 0.500. The fourth-order valence-electron chi connectivity index (χ4n) is 2.54. The highest BCUT2D eigenvalue weighted by molar-refractivity contribution is 5.89. The Labute approximate surface area is 125 Å². The van der Waals surface area contributed by atoms with Crippen LogP contribution in [-0.4, -0.2) is 41.0 Å². The third-order valence-corrected chi connectivity index (χ3v) is 3.81. The van der Waals surface area contributed by atoms with E-state index in [0.29, 0.717) is 6.54 Å². The number of aliphatic hydroxyl groups is 1. The lowest BCUT2D eigenvalue weighted by Gasteiger charge is -2.21. The summed E-state index contributed by atoms with van der Waals surface area (Å²) in [6, 6.07) is 9.31. The SMILES string of the molecule is CC(C)N1CC(C(=O)NCC(O)c2ccccc2)CC1=O. The number of nitrogens with zero attached hydrogens (tertiary/aromatic N) is 1. The van der Waals surface area contributed by atoms with Crippen molar-refractivity contribution in [1.29, 1.82) is 0 Å². The number of amides is 2. The summed E-state index contributed by atoms with van der Waals surface area (Å²) >= 11 is 0. The Hall–Kier alpha value is -1.88. The van der Waals surface area contributed by atoms with Gasteiger partial charge in [0.05, 0.1) is 12.0 Å². The minimum Gasteiger partial charge on any atom is -0.387 e. The van der Waals surface area contributed by atoms with Crippen molar-refractivity contribution in [2.45, 2.75) is 32.4 Å². The van der Waals surface area contributed by atoms with Crippen molar-refractivity contribution in [3.8, 4) is 0 Å². The Morgan fingerprint density at radius 1 is 1.38 bits per heavy atom. The van der Waals surface area contributed by atoms with Gasteiger partial charge < -0.3 is 15.3 Å². The van der Waals surface area contributed by atoms with Gasteiger partial charge in [-0.25, -0.2) is 0 Å². The zero-order chi connectivity index (χ0) is 15.4. The van der Waals surface area contributed by atoms with Crippen LogP contribution in [0.25, 0.3) is 0 Å². The predicted octanol–water partition coefficient (Wildman–Crippen LogP) is 1.09. The summed E-state index contributed by atoms with van der Waals surface area (Å²) in [4.78, 5) is 25.6. The van der Waals surface area contributed by atoms with Crippen molar-refractivity contribution >= 4 is 11.8 Å². The van der Waals surface area contributed by atoms with Crippen LogP contribution in [0, 0.1) is 5.92 Å². The fourth-order valence-corrected chi connectivity index (χ4v) is 2.54. The lowest BCUT2D eigenvalue weighted by atomic mass is 10.1. The van der Waals surface area contributed by atoms with E-state index in [1.807, 2.05) is 44.2 Å². The van der Waals surface area contributed by atoms with E-state index in [9.17, 15) is 14.7 Å². The van der Waals surface area contributed by atoms with Crippen LogP contribution in [0.15, 0.2) is 30.3 Å². The van der Waals surface area contributed by atoms with Gasteiger partial charge in [-0.2, -0.15) is 0 Å². The molecule has 114 valence electrons. The Kier molecular flexibility index (Phi) is 4.96. The van der Waals surface area contributed by atoms with Crippen LogP contribution in [0.3, 0.4) is 0 Å². The van der Waals surface area contributed by atoms with Gasteiger partial charge in [-0.05, 0) is 19.4 Å². The minimum absolute atomic E-state index is 0.0220. The third-order valence-electron chi connectivity index (χ3n) is 3.81. The molecule has 2 rings (SSSR count). The van der Waals surface area contributed by atoms with Gasteiger partial charge in [-0.3, -0.25) is 9.59 Å². The molecule has 1 aliphatic rings. The molecule has 2 amide bonds. The molecular weight excluding hydrogens is 268 g/mol. The molecule has 2 atom stereocenters. The van der Waals surface area contributed by atoms with E-state index in [2.05, 4.69) is 5.32 Å². The molecule has 5 nitrogen and oxygen atoms in total. The van der Waals surface area contributed by atoms with E-state index in [1.165, 1.54) is 0 Å². The first-order valence-corrected chi connectivity index (χ1v) is 7.29. The number of benzene rings is 1. The van der Waals surface area contributed by atoms with E-state index in [4.69, 9.17) is 0 Å². The van der Waals surface area contributed by atoms with Crippen LogP contribution in [-0.2, 0) is 9.59 Å². The summed E-state index contributed by atoms with van der Waals surface area (Å²) in [5.41, 5.74) is 0.768. The van der Waals surface area contributed by atoms with Crippen molar-refractivity contribution in [3.63, 3.8) is 0 Å². The van der Waals surface area contributed by atoms with Crippen LogP contribution in [0.2, 0.25) is 0 Å². The first-order chi connectivity index (χ1) is 9.99. The first-order valence-electron chi connectivity index (χ1n) is 7.29. The largest absolute Gasteiger partial charge is 0.387 e. The average Bonchev–Trinajstić information content (AvgIpc) is 2.87. The molecule has 0 aliphatic carbocycles. The van der Waals surface area contributed by atoms with Crippen molar-refractivity contribution in [3.05, 3.63) is 35.9 Å². The number of likely N-dealkylation sites (tertiary alicyclic amines) is 1. The van der Waals surface area contributed by atoms with Gasteiger partial charge >= 0.3 is 0 Å². The molecule has 1 aromatic carbocycles. The third kappa shape index (κ3) is 3.82. The number of carbonyl (C=O) groups excluding carboxylic acids is 2. The second kappa shape index (κ2) is 6.72. The highest BCUT2D eigenvalue weighted by Gasteiger charge is 2.35. The van der Waals surface area contributed by atoms with Crippen molar-refractivity contribution < 1.29 is 14.7 Å². The normalized spacial score (nSPS) is 19.9. The smallest absolute Gasteiger partial charge is 0.225 e. The van der Waals surface area contributed by atoms with E-state index >= 15 is 0 Å². The van der Waals surface area contributed by atoms with Crippen molar-refractivity contribution in [2.24, 2.45) is 5.92 Å². The number of hydrogen-bond donors (Lipinski definition) is 2. The number of aliphatic hydroxyl groups excluding tert-OH is 1. The molecule has 2 unspecified atom stereocenters. The van der Waals surface area contributed by atoms with Crippen molar-refractivity contribution in [1.82, 2.24) is 10.2 Å². The average molecular weight is 290 g/mol. The molecule has 1 aliphatic heterocycles. The van der Waals surface area contributed by atoms with E-state index in [0.717, 1.165) is 5.56 Å². The molecule has 1 aromatic rings. The highest BCUT2D eigenvalue weighted by atomic mass is 16.3. The number of nitrogens with one attached hydrogen (secondary N) is 1. The van der Waals surface area contributed by atoms with Crippen LogP contribution < -0.4 is 5.32 Å². The number of carbonyl (C=O) groups is 2. The Balaban J connectivity index is 1.84. The summed E-state index contributed by atoms with van der Waals surface area (Å²) in [5.74, 6) is -0.460. The van der Waals surface area contributed by atoms with Gasteiger partial charge in [-0.15, -0.1) is 0 Å². The van der Waals surface area contributed by atoms with Crippen molar-refractivity contribution in [2.75, 3.05) is 13.1 Å². The topological polar surface area (TPSA) is 69.6 Å². The van der Waals surface area contributed by atoms with E-state index in [-0.39, 0.29) is 36.7 Å². The molecule has 1 saturated heterocycles. The molecule has 0 bridgehead atoms. The summed E-state index contributed by atoms with van der Waals surface area (Å²) in [5, 5.41) is 12.7. The zero-order valence-corrected chi connectivity index (χ0v) is 12.5. The number of rotatable bonds is 5. The highest BCUT2D eigenvalue weighted by Crippen LogP contribution is 2.20.